The molecular weight excluding hydrogens is 643 g/mol. The van der Waals surface area contributed by atoms with Crippen LogP contribution in [0.2, 0.25) is 0 Å². The van der Waals surface area contributed by atoms with E-state index in [0.29, 0.717) is 24.5 Å². The maximum absolute atomic E-state index is 14.3. The van der Waals surface area contributed by atoms with Gasteiger partial charge in [0.25, 0.3) is 0 Å². The van der Waals surface area contributed by atoms with E-state index in [9.17, 15) is 14.7 Å². The molecule has 1 atom stereocenters. The number of para-hydroxylation sites is 1. The SMILES string of the molecule is CCC(O)(C(=O)OC)c1cc2n(c(=O)c1COCCC[PH](c1ccccc1)(c1ccccc1)c1ccccc1)Cc1cc3ccccc3nc1-2. The number of ether oxygens (including phenoxy) is 2. The first-order valence-corrected chi connectivity index (χ1v) is 19.3. The third-order valence-corrected chi connectivity index (χ3v) is 15.2. The Balaban J connectivity index is 1.22. The second-order valence-electron chi connectivity index (χ2n) is 12.9. The van der Waals surface area contributed by atoms with E-state index in [2.05, 4.69) is 97.1 Å². The van der Waals surface area contributed by atoms with Gasteiger partial charge in [-0.2, -0.15) is 0 Å². The van der Waals surface area contributed by atoms with Crippen LogP contribution in [-0.4, -0.2) is 40.5 Å². The summed E-state index contributed by atoms with van der Waals surface area (Å²) in [6, 6.07) is 43.8. The number of pyridine rings is 2. The van der Waals surface area contributed by atoms with E-state index in [-0.39, 0.29) is 29.7 Å². The molecule has 8 heteroatoms. The fourth-order valence-corrected chi connectivity index (χ4v) is 12.4. The predicted octanol–water partition coefficient (Wildman–Crippen LogP) is 5.83. The van der Waals surface area contributed by atoms with Gasteiger partial charge in [0.05, 0.1) is 0 Å². The molecule has 7 nitrogen and oxygen atoms in total. The van der Waals surface area contributed by atoms with Crippen molar-refractivity contribution in [1.29, 1.82) is 0 Å². The number of fused-ring (bicyclic) bond motifs is 4. The molecule has 50 heavy (non-hydrogen) atoms. The van der Waals surface area contributed by atoms with Crippen LogP contribution in [0, 0.1) is 0 Å². The van der Waals surface area contributed by atoms with E-state index in [0.717, 1.165) is 29.0 Å². The van der Waals surface area contributed by atoms with Gasteiger partial charge in [0.15, 0.2) is 0 Å². The van der Waals surface area contributed by atoms with Gasteiger partial charge in [0.2, 0.25) is 0 Å². The summed E-state index contributed by atoms with van der Waals surface area (Å²) in [5.41, 5.74) is 1.06. The third-order valence-electron chi connectivity index (χ3n) is 10.1. The van der Waals surface area contributed by atoms with Gasteiger partial charge >= 0.3 is 269 Å². The molecule has 0 aliphatic carbocycles. The summed E-state index contributed by atoms with van der Waals surface area (Å²) in [7, 11) is -1.21. The molecular formula is C42H41N2O5P. The monoisotopic (exact) mass is 684 g/mol. The van der Waals surface area contributed by atoms with Crippen molar-refractivity contribution >= 4 is 40.0 Å². The van der Waals surface area contributed by atoms with Gasteiger partial charge in [0, 0.05) is 0 Å². The number of carbonyl (C=O) groups is 1. The number of methoxy groups -OCH3 is 1. The van der Waals surface area contributed by atoms with Crippen molar-refractivity contribution in [2.75, 3.05) is 19.9 Å². The van der Waals surface area contributed by atoms with Crippen molar-refractivity contribution in [1.82, 2.24) is 9.55 Å². The molecule has 0 saturated heterocycles. The minimum atomic E-state index is -2.46. The van der Waals surface area contributed by atoms with Crippen LogP contribution in [0.4, 0.5) is 0 Å². The number of carbonyl (C=O) groups excluding carboxylic acids is 1. The van der Waals surface area contributed by atoms with Gasteiger partial charge in [-0.3, -0.25) is 0 Å². The van der Waals surface area contributed by atoms with E-state index in [1.807, 2.05) is 24.3 Å². The zero-order valence-corrected chi connectivity index (χ0v) is 29.3. The van der Waals surface area contributed by atoms with Crippen LogP contribution < -0.4 is 21.5 Å². The Hall–Kier alpha value is -4.94. The standard InChI is InChI=1S/C42H41N2O5P/c1-3-42(47,41(46)48-2)36-27-38-39-31(26-30-16-13-14-23-37(30)43-39)28-44(38)40(45)35(36)29-49-24-15-25-50(32-17-7-4-8-18-32,33-19-9-5-10-20-33)34-21-11-6-12-22-34/h4-14,16-23,26-27,47,50H,3,15,24-25,28-29H2,1-2H3. The number of hydrogen-bond acceptors (Lipinski definition) is 6. The maximum atomic E-state index is 14.3. The van der Waals surface area contributed by atoms with Crippen molar-refractivity contribution < 1.29 is 19.4 Å². The molecule has 0 saturated carbocycles. The zero-order chi connectivity index (χ0) is 34.7. The molecule has 2 aromatic heterocycles. The Morgan fingerprint density at radius 2 is 1.44 bits per heavy atom. The molecule has 0 amide bonds. The average molecular weight is 685 g/mol. The molecule has 254 valence electrons. The van der Waals surface area contributed by atoms with E-state index in [1.54, 1.807) is 17.6 Å². The van der Waals surface area contributed by atoms with E-state index >= 15 is 0 Å². The van der Waals surface area contributed by atoms with Gasteiger partial charge in [-0.1, -0.05) is 18.2 Å². The van der Waals surface area contributed by atoms with Crippen molar-refractivity contribution in [3.05, 3.63) is 154 Å². The van der Waals surface area contributed by atoms with Crippen LogP contribution in [0.15, 0.2) is 132 Å². The summed E-state index contributed by atoms with van der Waals surface area (Å²) in [5.74, 6) is -0.820. The molecule has 1 aliphatic rings. The Morgan fingerprint density at radius 3 is 2.02 bits per heavy atom. The van der Waals surface area contributed by atoms with Crippen LogP contribution >= 0.6 is 7.26 Å². The first-order valence-electron chi connectivity index (χ1n) is 17.1. The first kappa shape index (κ1) is 33.6. The van der Waals surface area contributed by atoms with Crippen LogP contribution in [0.5, 0.6) is 0 Å². The van der Waals surface area contributed by atoms with Crippen LogP contribution in [0.1, 0.15) is 36.5 Å². The molecule has 0 radical (unpaired) electrons. The molecule has 0 bridgehead atoms. The summed E-state index contributed by atoms with van der Waals surface area (Å²) in [5, 5.41) is 16.8. The summed E-state index contributed by atoms with van der Waals surface area (Å²) < 4.78 is 13.1. The minimum absolute atomic E-state index is 0.0208. The zero-order valence-electron chi connectivity index (χ0n) is 28.3. The van der Waals surface area contributed by atoms with Gasteiger partial charge < -0.3 is 0 Å². The second-order valence-corrected chi connectivity index (χ2v) is 16.9. The topological polar surface area (TPSA) is 90.7 Å². The Bertz CT molecular complexity index is 2110. The molecule has 1 unspecified atom stereocenters. The number of benzene rings is 4. The van der Waals surface area contributed by atoms with Gasteiger partial charge in [-0.05, 0) is 6.07 Å². The van der Waals surface area contributed by atoms with Crippen molar-refractivity contribution in [3.8, 4) is 11.4 Å². The van der Waals surface area contributed by atoms with Gasteiger partial charge in [-0.25, -0.2) is 0 Å². The Labute approximate surface area is 292 Å². The van der Waals surface area contributed by atoms with Crippen LogP contribution in [0.3, 0.4) is 0 Å². The van der Waals surface area contributed by atoms with Crippen molar-refractivity contribution in [3.63, 3.8) is 0 Å². The second kappa shape index (κ2) is 14.1. The summed E-state index contributed by atoms with van der Waals surface area (Å²) in [6.45, 7) is 2.37. The quantitative estimate of drug-likeness (QED) is 0.0991. The number of nitrogens with zero attached hydrogens (tertiary/aromatic N) is 2. The van der Waals surface area contributed by atoms with Crippen molar-refractivity contribution in [2.24, 2.45) is 0 Å². The van der Waals surface area contributed by atoms with E-state index in [1.165, 1.54) is 23.0 Å². The van der Waals surface area contributed by atoms with Gasteiger partial charge in [-0.15, -0.1) is 0 Å². The van der Waals surface area contributed by atoms with E-state index < -0.39 is 18.8 Å². The van der Waals surface area contributed by atoms with Crippen molar-refractivity contribution in [2.45, 2.75) is 38.5 Å². The molecule has 1 aliphatic heterocycles. The third kappa shape index (κ3) is 5.86. The first-order chi connectivity index (χ1) is 24.4. The Morgan fingerprint density at radius 1 is 0.860 bits per heavy atom. The normalized spacial score (nSPS) is 13.7. The van der Waals surface area contributed by atoms with E-state index in [4.69, 9.17) is 14.5 Å². The Kier molecular flexibility index (Phi) is 9.48. The summed E-state index contributed by atoms with van der Waals surface area (Å²) in [6.07, 6.45) is 1.65. The number of rotatable bonds is 12. The predicted molar refractivity (Wildman–Crippen MR) is 202 cm³/mol. The molecule has 1 N–H and O–H groups in total. The fraction of sp³-hybridized carbons (Fsp3) is 0.214. The number of aromatic nitrogens is 2. The molecule has 7 rings (SSSR count). The molecule has 6 aromatic rings. The van der Waals surface area contributed by atoms with Crippen LogP contribution in [0.25, 0.3) is 22.3 Å². The average Bonchev–Trinajstić information content (AvgIpc) is 3.54. The number of esters is 1. The molecule has 3 heterocycles. The van der Waals surface area contributed by atoms with Gasteiger partial charge in [0.1, 0.15) is 0 Å². The summed E-state index contributed by atoms with van der Waals surface area (Å²) >= 11 is 0. The molecule has 0 spiro atoms. The number of hydrogen-bond donors (Lipinski definition) is 1. The molecule has 0 fully saturated rings. The van der Waals surface area contributed by atoms with Crippen LogP contribution in [-0.2, 0) is 33.0 Å². The summed E-state index contributed by atoms with van der Waals surface area (Å²) in [4.78, 5) is 32.3. The molecule has 4 aromatic carbocycles. The number of aliphatic hydroxyl groups is 1. The fourth-order valence-electron chi connectivity index (χ4n) is 7.55.